The molecule has 1 aromatic carbocycles. The molecule has 1 saturated heterocycles. The number of ether oxygens (including phenoxy) is 2. The molecule has 10 nitrogen and oxygen atoms in total. The van der Waals surface area contributed by atoms with Crippen molar-refractivity contribution in [1.29, 1.82) is 5.26 Å². The van der Waals surface area contributed by atoms with Crippen LogP contribution >= 0.6 is 0 Å². The Balaban J connectivity index is 1.19. The zero-order valence-electron chi connectivity index (χ0n) is 16.8. The maximum absolute atomic E-state index is 12.1. The van der Waals surface area contributed by atoms with Gasteiger partial charge in [-0.25, -0.2) is 9.97 Å². The average molecular weight is 422 g/mol. The van der Waals surface area contributed by atoms with E-state index >= 15 is 0 Å². The third-order valence-electron chi connectivity index (χ3n) is 5.35. The summed E-state index contributed by atoms with van der Waals surface area (Å²) in [5.74, 6) is 0.824. The lowest BCUT2D eigenvalue weighted by Crippen LogP contribution is -2.44. The van der Waals surface area contributed by atoms with Gasteiger partial charge in [0.15, 0.2) is 23.0 Å². The molecule has 0 saturated carbocycles. The zero-order valence-corrected chi connectivity index (χ0v) is 16.8. The second-order valence-corrected chi connectivity index (χ2v) is 7.35. The van der Waals surface area contributed by atoms with Gasteiger partial charge in [0, 0.05) is 38.6 Å². The number of nitrogens with one attached hydrogen (secondary N) is 2. The van der Waals surface area contributed by atoms with Gasteiger partial charge in [0.25, 0.3) is 0 Å². The summed E-state index contributed by atoms with van der Waals surface area (Å²) >= 11 is 0. The topological polar surface area (TPSA) is 129 Å². The molecule has 2 aliphatic rings. The highest BCUT2D eigenvalue weighted by molar-refractivity contribution is 6.35. The van der Waals surface area contributed by atoms with E-state index in [4.69, 9.17) is 9.47 Å². The fourth-order valence-electron chi connectivity index (χ4n) is 3.62. The molecule has 2 aliphatic heterocycles. The van der Waals surface area contributed by atoms with E-state index in [2.05, 4.69) is 26.7 Å². The SMILES string of the molecule is N#Cc1nccnc1N1CCC(CNC(=O)C(=O)NCc2ccc3c(c2)OCO3)CC1. The highest BCUT2D eigenvalue weighted by Gasteiger charge is 2.24. The predicted octanol–water partition coefficient (Wildman–Crippen LogP) is 0.726. The van der Waals surface area contributed by atoms with Crippen LogP contribution in [0.5, 0.6) is 11.5 Å². The van der Waals surface area contributed by atoms with Gasteiger partial charge in [-0.05, 0) is 36.5 Å². The zero-order chi connectivity index (χ0) is 21.6. The number of rotatable bonds is 5. The van der Waals surface area contributed by atoms with Crippen molar-refractivity contribution in [3.8, 4) is 17.6 Å². The second kappa shape index (κ2) is 9.30. The number of nitriles is 1. The van der Waals surface area contributed by atoms with Crippen molar-refractivity contribution in [2.75, 3.05) is 31.3 Å². The van der Waals surface area contributed by atoms with Gasteiger partial charge in [-0.3, -0.25) is 9.59 Å². The summed E-state index contributed by atoms with van der Waals surface area (Å²) < 4.78 is 10.6. The highest BCUT2D eigenvalue weighted by Crippen LogP contribution is 2.32. The van der Waals surface area contributed by atoms with Crippen molar-refractivity contribution in [2.45, 2.75) is 19.4 Å². The first-order valence-electron chi connectivity index (χ1n) is 10.0. The van der Waals surface area contributed by atoms with E-state index in [1.807, 2.05) is 11.0 Å². The molecule has 1 fully saturated rings. The fourth-order valence-corrected chi connectivity index (χ4v) is 3.62. The van der Waals surface area contributed by atoms with Crippen molar-refractivity contribution in [2.24, 2.45) is 5.92 Å². The first-order valence-corrected chi connectivity index (χ1v) is 10.0. The van der Waals surface area contributed by atoms with Crippen LogP contribution in [0.25, 0.3) is 0 Å². The van der Waals surface area contributed by atoms with Crippen molar-refractivity contribution in [3.63, 3.8) is 0 Å². The lowest BCUT2D eigenvalue weighted by molar-refractivity contribution is -0.139. The third-order valence-corrected chi connectivity index (χ3v) is 5.35. The van der Waals surface area contributed by atoms with Gasteiger partial charge in [-0.1, -0.05) is 6.07 Å². The Labute approximate surface area is 179 Å². The van der Waals surface area contributed by atoms with Crippen LogP contribution in [0.3, 0.4) is 0 Å². The Bertz CT molecular complexity index is 1010. The van der Waals surface area contributed by atoms with E-state index in [0.717, 1.165) is 18.4 Å². The molecule has 3 heterocycles. The normalized spacial score (nSPS) is 15.3. The minimum absolute atomic E-state index is 0.185. The summed E-state index contributed by atoms with van der Waals surface area (Å²) in [6.45, 7) is 2.26. The molecule has 2 aromatic rings. The minimum atomic E-state index is -0.673. The van der Waals surface area contributed by atoms with Crippen LogP contribution in [0, 0.1) is 17.2 Å². The number of hydrogen-bond donors (Lipinski definition) is 2. The van der Waals surface area contributed by atoms with Gasteiger partial charge in [-0.2, -0.15) is 5.26 Å². The van der Waals surface area contributed by atoms with E-state index in [9.17, 15) is 14.9 Å². The van der Waals surface area contributed by atoms with Crippen LogP contribution in [0.1, 0.15) is 24.1 Å². The number of amides is 2. The van der Waals surface area contributed by atoms with E-state index in [1.54, 1.807) is 18.3 Å². The summed E-state index contributed by atoms with van der Waals surface area (Å²) in [4.78, 5) is 34.6. The van der Waals surface area contributed by atoms with E-state index in [1.165, 1.54) is 6.20 Å². The van der Waals surface area contributed by atoms with Gasteiger partial charge in [0.2, 0.25) is 6.79 Å². The van der Waals surface area contributed by atoms with Gasteiger partial charge >= 0.3 is 11.8 Å². The maximum atomic E-state index is 12.1. The molecule has 31 heavy (non-hydrogen) atoms. The number of benzene rings is 1. The Morgan fingerprint density at radius 1 is 1.10 bits per heavy atom. The van der Waals surface area contributed by atoms with Crippen LogP contribution in [0.15, 0.2) is 30.6 Å². The van der Waals surface area contributed by atoms with Crippen molar-refractivity contribution >= 4 is 17.6 Å². The van der Waals surface area contributed by atoms with Crippen LogP contribution in [0.4, 0.5) is 5.82 Å². The van der Waals surface area contributed by atoms with Gasteiger partial charge in [-0.15, -0.1) is 0 Å². The Hall–Kier alpha value is -3.87. The summed E-state index contributed by atoms with van der Waals surface area (Å²) in [7, 11) is 0. The molecular weight excluding hydrogens is 400 g/mol. The molecular formula is C21H22N6O4. The molecule has 1 aromatic heterocycles. The lowest BCUT2D eigenvalue weighted by Gasteiger charge is -2.32. The number of aromatic nitrogens is 2. The number of anilines is 1. The standard InChI is InChI=1S/C21H22N6O4/c22-10-16-19(24-6-5-23-16)27-7-3-14(4-8-27)11-25-20(28)21(29)26-12-15-1-2-17-18(9-15)31-13-30-17/h1-2,5-6,9,14H,3-4,7-8,11-13H2,(H,25,28)(H,26,29). The van der Waals surface area contributed by atoms with Crippen LogP contribution < -0.4 is 25.0 Å². The van der Waals surface area contributed by atoms with Crippen LogP contribution in [-0.2, 0) is 16.1 Å². The summed E-state index contributed by atoms with van der Waals surface area (Å²) in [6.07, 6.45) is 4.72. The van der Waals surface area contributed by atoms with E-state index in [-0.39, 0.29) is 19.3 Å². The van der Waals surface area contributed by atoms with E-state index in [0.29, 0.717) is 42.6 Å². The van der Waals surface area contributed by atoms with Gasteiger partial charge in [0.1, 0.15) is 6.07 Å². The molecule has 2 N–H and O–H groups in total. The number of piperidine rings is 1. The first kappa shape index (κ1) is 20.4. The van der Waals surface area contributed by atoms with Gasteiger partial charge < -0.3 is 25.0 Å². The van der Waals surface area contributed by atoms with Crippen LogP contribution in [0.2, 0.25) is 0 Å². The van der Waals surface area contributed by atoms with Gasteiger partial charge in [0.05, 0.1) is 0 Å². The molecule has 4 rings (SSSR count). The molecule has 0 unspecified atom stereocenters. The molecule has 0 radical (unpaired) electrons. The summed E-state index contributed by atoms with van der Waals surface area (Å²) in [5, 5.41) is 14.5. The number of carbonyl (C=O) groups is 2. The number of fused-ring (bicyclic) bond motifs is 1. The maximum Gasteiger partial charge on any atom is 0.309 e. The number of carbonyl (C=O) groups excluding carboxylic acids is 2. The monoisotopic (exact) mass is 422 g/mol. The fraction of sp³-hybridized carbons (Fsp3) is 0.381. The van der Waals surface area contributed by atoms with Crippen LogP contribution in [-0.4, -0.2) is 48.2 Å². The first-order chi connectivity index (χ1) is 15.1. The number of nitrogens with zero attached hydrogens (tertiary/aromatic N) is 4. The second-order valence-electron chi connectivity index (χ2n) is 7.35. The summed E-state index contributed by atoms with van der Waals surface area (Å²) in [6, 6.07) is 7.43. The smallest absolute Gasteiger partial charge is 0.309 e. The number of hydrogen-bond acceptors (Lipinski definition) is 8. The molecule has 0 spiro atoms. The van der Waals surface area contributed by atoms with E-state index < -0.39 is 11.8 Å². The third kappa shape index (κ3) is 4.83. The van der Waals surface area contributed by atoms with Crippen molar-refractivity contribution < 1.29 is 19.1 Å². The minimum Gasteiger partial charge on any atom is -0.454 e. The molecule has 0 bridgehead atoms. The molecule has 0 atom stereocenters. The Morgan fingerprint density at radius 3 is 2.65 bits per heavy atom. The Morgan fingerprint density at radius 2 is 1.84 bits per heavy atom. The molecule has 160 valence electrons. The largest absolute Gasteiger partial charge is 0.454 e. The van der Waals surface area contributed by atoms with Crippen molar-refractivity contribution in [3.05, 3.63) is 41.9 Å². The lowest BCUT2D eigenvalue weighted by atomic mass is 9.96. The summed E-state index contributed by atoms with van der Waals surface area (Å²) in [5.41, 5.74) is 1.13. The Kier molecular flexibility index (Phi) is 6.12. The van der Waals surface area contributed by atoms with Crippen molar-refractivity contribution in [1.82, 2.24) is 20.6 Å². The average Bonchev–Trinajstić information content (AvgIpc) is 3.29. The highest BCUT2D eigenvalue weighted by atomic mass is 16.7. The predicted molar refractivity (Wildman–Crippen MR) is 109 cm³/mol. The molecule has 10 heteroatoms. The quantitative estimate of drug-likeness (QED) is 0.675. The molecule has 2 amide bonds. The molecule has 0 aliphatic carbocycles.